The lowest BCUT2D eigenvalue weighted by Crippen LogP contribution is -2.47. The molecule has 1 aliphatic carbocycles. The third kappa shape index (κ3) is 3.84. The van der Waals surface area contributed by atoms with E-state index >= 15 is 0 Å². The highest BCUT2D eigenvalue weighted by atomic mass is 19.1. The largest absolute Gasteiger partial charge is 0.325 e. The maximum atomic E-state index is 13.2. The lowest BCUT2D eigenvalue weighted by Gasteiger charge is -2.28. The van der Waals surface area contributed by atoms with E-state index in [0.717, 1.165) is 49.1 Å². The fourth-order valence-corrected chi connectivity index (χ4v) is 3.64. The normalized spacial score (nSPS) is 19.8. The number of anilines is 1. The summed E-state index contributed by atoms with van der Waals surface area (Å²) in [5.74, 6) is -2.75. The van der Waals surface area contributed by atoms with E-state index in [1.807, 2.05) is 0 Å². The van der Waals surface area contributed by atoms with Crippen LogP contribution < -0.4 is 10.6 Å². The standard InChI is InChI=1S/C18H21F2N3O3/c19-12-8-13(20)10-14(9-12)21-15(24)11-23-16(25)18(22-17(23)26)6-4-2-1-3-5-7-18/h8-10H,1-7,11H2,(H,21,24)(H,22,26). The van der Waals surface area contributed by atoms with Crippen molar-refractivity contribution in [3.63, 3.8) is 0 Å². The van der Waals surface area contributed by atoms with Gasteiger partial charge in [-0.05, 0) is 25.0 Å². The highest BCUT2D eigenvalue weighted by Gasteiger charge is 2.50. The molecule has 0 radical (unpaired) electrons. The quantitative estimate of drug-likeness (QED) is 0.809. The van der Waals surface area contributed by atoms with E-state index in [-0.39, 0.29) is 5.69 Å². The fourth-order valence-electron chi connectivity index (χ4n) is 3.64. The number of carbonyl (C=O) groups excluding carboxylic acids is 3. The summed E-state index contributed by atoms with van der Waals surface area (Å²) in [6.07, 6.45) is 5.94. The summed E-state index contributed by atoms with van der Waals surface area (Å²) in [5, 5.41) is 5.07. The molecular weight excluding hydrogens is 344 g/mol. The monoisotopic (exact) mass is 365 g/mol. The molecule has 1 aromatic rings. The van der Waals surface area contributed by atoms with Crippen molar-refractivity contribution >= 4 is 23.5 Å². The summed E-state index contributed by atoms with van der Waals surface area (Å²) in [4.78, 5) is 38.1. The van der Waals surface area contributed by atoms with Crippen molar-refractivity contribution in [2.24, 2.45) is 0 Å². The Bertz CT molecular complexity index is 710. The Kier molecular flexibility index (Phi) is 5.20. The Morgan fingerprint density at radius 3 is 2.23 bits per heavy atom. The first-order chi connectivity index (χ1) is 12.4. The summed E-state index contributed by atoms with van der Waals surface area (Å²) in [7, 11) is 0. The van der Waals surface area contributed by atoms with E-state index in [4.69, 9.17) is 0 Å². The first kappa shape index (κ1) is 18.3. The zero-order valence-electron chi connectivity index (χ0n) is 14.3. The average Bonchev–Trinajstić information content (AvgIpc) is 2.75. The van der Waals surface area contributed by atoms with Crippen LogP contribution in [-0.4, -0.2) is 34.8 Å². The minimum atomic E-state index is -0.928. The van der Waals surface area contributed by atoms with Crippen LogP contribution in [0.3, 0.4) is 0 Å². The molecule has 0 bridgehead atoms. The molecule has 8 heteroatoms. The molecule has 0 unspecified atom stereocenters. The number of halogens is 2. The van der Waals surface area contributed by atoms with Crippen LogP contribution in [0.2, 0.25) is 0 Å². The maximum absolute atomic E-state index is 13.2. The molecule has 1 saturated heterocycles. The number of urea groups is 1. The van der Waals surface area contributed by atoms with Crippen LogP contribution in [0.5, 0.6) is 0 Å². The van der Waals surface area contributed by atoms with Crippen molar-refractivity contribution < 1.29 is 23.2 Å². The lowest BCUT2D eigenvalue weighted by atomic mass is 9.84. The van der Waals surface area contributed by atoms with Crippen molar-refractivity contribution in [2.75, 3.05) is 11.9 Å². The van der Waals surface area contributed by atoms with Gasteiger partial charge in [0.2, 0.25) is 5.91 Å². The van der Waals surface area contributed by atoms with Crippen molar-refractivity contribution in [1.82, 2.24) is 10.2 Å². The van der Waals surface area contributed by atoms with Gasteiger partial charge in [0.15, 0.2) is 0 Å². The first-order valence-electron chi connectivity index (χ1n) is 8.80. The Hall–Kier alpha value is -2.51. The molecule has 4 amide bonds. The van der Waals surface area contributed by atoms with Crippen LogP contribution in [0, 0.1) is 11.6 Å². The van der Waals surface area contributed by atoms with E-state index in [1.54, 1.807) is 0 Å². The van der Waals surface area contributed by atoms with Gasteiger partial charge in [-0.1, -0.05) is 32.1 Å². The predicted octanol–water partition coefficient (Wildman–Crippen LogP) is 2.94. The van der Waals surface area contributed by atoms with Crippen molar-refractivity contribution in [1.29, 1.82) is 0 Å². The molecule has 1 spiro atoms. The minimum absolute atomic E-state index is 0.0692. The van der Waals surface area contributed by atoms with Gasteiger partial charge in [0.05, 0.1) is 0 Å². The number of carbonyl (C=O) groups is 3. The van der Waals surface area contributed by atoms with Gasteiger partial charge in [-0.15, -0.1) is 0 Å². The molecule has 0 aromatic heterocycles. The molecule has 3 rings (SSSR count). The van der Waals surface area contributed by atoms with Crippen molar-refractivity contribution in [3.8, 4) is 0 Å². The summed E-state index contributed by atoms with van der Waals surface area (Å²) < 4.78 is 26.4. The van der Waals surface area contributed by atoms with Gasteiger partial charge in [-0.3, -0.25) is 14.5 Å². The van der Waals surface area contributed by atoms with E-state index in [9.17, 15) is 23.2 Å². The Labute approximate surface area is 149 Å². The highest BCUT2D eigenvalue weighted by Crippen LogP contribution is 2.32. The van der Waals surface area contributed by atoms with Gasteiger partial charge < -0.3 is 10.6 Å². The van der Waals surface area contributed by atoms with Gasteiger partial charge in [0.1, 0.15) is 23.7 Å². The second-order valence-electron chi connectivity index (χ2n) is 6.88. The number of imide groups is 1. The van der Waals surface area contributed by atoms with Gasteiger partial charge in [0.25, 0.3) is 5.91 Å². The summed E-state index contributed by atoms with van der Waals surface area (Å²) in [6, 6.07) is 2.01. The SMILES string of the molecule is O=C(CN1C(=O)NC2(CCCCCCC2)C1=O)Nc1cc(F)cc(F)c1. The van der Waals surface area contributed by atoms with Crippen LogP contribution in [0.4, 0.5) is 19.3 Å². The van der Waals surface area contributed by atoms with Crippen molar-refractivity contribution in [2.45, 2.75) is 50.5 Å². The van der Waals surface area contributed by atoms with Crippen LogP contribution in [-0.2, 0) is 9.59 Å². The molecule has 0 atom stereocenters. The summed E-state index contributed by atoms with van der Waals surface area (Å²) in [5.41, 5.74) is -0.997. The summed E-state index contributed by atoms with van der Waals surface area (Å²) >= 11 is 0. The van der Waals surface area contributed by atoms with E-state index in [2.05, 4.69) is 10.6 Å². The Morgan fingerprint density at radius 2 is 1.62 bits per heavy atom. The van der Waals surface area contributed by atoms with Gasteiger partial charge in [0, 0.05) is 11.8 Å². The zero-order chi connectivity index (χ0) is 18.7. The average molecular weight is 365 g/mol. The molecule has 2 fully saturated rings. The highest BCUT2D eigenvalue weighted by molar-refractivity contribution is 6.10. The molecular formula is C18H21F2N3O3. The molecule has 2 N–H and O–H groups in total. The Morgan fingerprint density at radius 1 is 1.04 bits per heavy atom. The summed E-state index contributed by atoms with van der Waals surface area (Å²) in [6.45, 7) is -0.495. The number of hydrogen-bond acceptors (Lipinski definition) is 3. The number of rotatable bonds is 3. The smallest absolute Gasteiger partial charge is 0.324 e. The van der Waals surface area contributed by atoms with Crippen LogP contribution in [0.25, 0.3) is 0 Å². The van der Waals surface area contributed by atoms with E-state index in [1.165, 1.54) is 0 Å². The second-order valence-corrected chi connectivity index (χ2v) is 6.88. The molecule has 6 nitrogen and oxygen atoms in total. The van der Waals surface area contributed by atoms with Gasteiger partial charge >= 0.3 is 6.03 Å². The number of nitrogens with zero attached hydrogens (tertiary/aromatic N) is 1. The number of benzene rings is 1. The predicted molar refractivity (Wildman–Crippen MR) is 90.3 cm³/mol. The van der Waals surface area contributed by atoms with Gasteiger partial charge in [-0.2, -0.15) is 0 Å². The topological polar surface area (TPSA) is 78.5 Å². The van der Waals surface area contributed by atoms with Crippen LogP contribution >= 0.6 is 0 Å². The van der Waals surface area contributed by atoms with Crippen LogP contribution in [0.1, 0.15) is 44.9 Å². The van der Waals surface area contributed by atoms with Crippen molar-refractivity contribution in [3.05, 3.63) is 29.8 Å². The van der Waals surface area contributed by atoms with Crippen LogP contribution in [0.15, 0.2) is 18.2 Å². The third-order valence-electron chi connectivity index (χ3n) is 4.90. The maximum Gasteiger partial charge on any atom is 0.325 e. The molecule has 1 aromatic carbocycles. The third-order valence-corrected chi connectivity index (χ3v) is 4.90. The number of amides is 4. The van der Waals surface area contributed by atoms with Gasteiger partial charge in [-0.25, -0.2) is 13.6 Å². The molecule has 140 valence electrons. The molecule has 1 heterocycles. The van der Waals surface area contributed by atoms with E-state index in [0.29, 0.717) is 18.9 Å². The Balaban J connectivity index is 1.68. The molecule has 1 aliphatic heterocycles. The zero-order valence-corrected chi connectivity index (χ0v) is 14.3. The molecule has 26 heavy (non-hydrogen) atoms. The first-order valence-corrected chi connectivity index (χ1v) is 8.80. The number of hydrogen-bond donors (Lipinski definition) is 2. The number of nitrogens with one attached hydrogen (secondary N) is 2. The minimum Gasteiger partial charge on any atom is -0.324 e. The molecule has 2 aliphatic rings. The molecule has 1 saturated carbocycles. The fraction of sp³-hybridized carbons (Fsp3) is 0.500. The second kappa shape index (κ2) is 7.39. The van der Waals surface area contributed by atoms with E-state index < -0.39 is 41.6 Å². The lowest BCUT2D eigenvalue weighted by molar-refractivity contribution is -0.134.